The highest BCUT2D eigenvalue weighted by Crippen LogP contribution is 2.49. The molecule has 1 heterocycles. The lowest BCUT2D eigenvalue weighted by molar-refractivity contribution is -0.123. The molecule has 1 aromatic carbocycles. The molecule has 0 radical (unpaired) electrons. The summed E-state index contributed by atoms with van der Waals surface area (Å²) < 4.78 is 0. The van der Waals surface area contributed by atoms with Gasteiger partial charge >= 0.3 is 0 Å². The van der Waals surface area contributed by atoms with E-state index in [0.717, 1.165) is 22.6 Å². The second-order valence-corrected chi connectivity index (χ2v) is 5.89. The van der Waals surface area contributed by atoms with Crippen molar-refractivity contribution in [2.45, 2.75) is 25.3 Å². The Labute approximate surface area is 129 Å². The molecule has 1 aliphatic rings. The van der Waals surface area contributed by atoms with Gasteiger partial charge in [-0.05, 0) is 42.5 Å². The fourth-order valence-electron chi connectivity index (χ4n) is 2.64. The quantitative estimate of drug-likeness (QED) is 0.935. The van der Waals surface area contributed by atoms with Crippen LogP contribution in [-0.4, -0.2) is 10.9 Å². The number of benzene rings is 1. The predicted octanol–water partition coefficient (Wildman–Crippen LogP) is 3.72. The molecule has 1 amide bonds. The summed E-state index contributed by atoms with van der Waals surface area (Å²) in [6.45, 7) is 1.97. The average Bonchev–Trinajstić information content (AvgIpc) is 3.29. The lowest BCUT2D eigenvalue weighted by atomic mass is 10.1. The minimum Gasteiger partial charge on any atom is -0.349 e. The molecule has 0 bridgehead atoms. The molecule has 0 spiro atoms. The fraction of sp³-hybridized carbons (Fsp3) is 0.294. The van der Waals surface area contributed by atoms with Crippen LogP contribution in [0, 0.1) is 5.92 Å². The summed E-state index contributed by atoms with van der Waals surface area (Å²) in [7, 11) is 0. The molecule has 1 fully saturated rings. The molecule has 1 aromatic heterocycles. The number of pyridine rings is 1. The molecule has 108 valence electrons. The van der Waals surface area contributed by atoms with E-state index >= 15 is 0 Å². The van der Waals surface area contributed by atoms with Gasteiger partial charge in [0.15, 0.2) is 0 Å². The lowest BCUT2D eigenvalue weighted by Crippen LogP contribution is -2.28. The highest BCUT2D eigenvalue weighted by Gasteiger charge is 2.45. The van der Waals surface area contributed by atoms with E-state index in [-0.39, 0.29) is 23.8 Å². The van der Waals surface area contributed by atoms with E-state index in [0.29, 0.717) is 0 Å². The smallest absolute Gasteiger partial charge is 0.224 e. The number of hydrogen-bond donors (Lipinski definition) is 1. The zero-order chi connectivity index (χ0) is 14.8. The molecule has 1 aliphatic carbocycles. The number of amides is 1. The highest BCUT2D eigenvalue weighted by molar-refractivity contribution is 6.31. The van der Waals surface area contributed by atoms with Crippen molar-refractivity contribution < 1.29 is 4.79 Å². The topological polar surface area (TPSA) is 42.0 Å². The molecule has 2 aromatic rings. The summed E-state index contributed by atoms with van der Waals surface area (Å²) in [5.74, 6) is 0.375. The Kier molecular flexibility index (Phi) is 3.93. The number of carbonyl (C=O) groups is 1. The Hall–Kier alpha value is -1.87. The van der Waals surface area contributed by atoms with Gasteiger partial charge in [-0.25, -0.2) is 0 Å². The first kappa shape index (κ1) is 14.1. The number of nitrogens with zero attached hydrogens (tertiary/aromatic N) is 1. The SMILES string of the molecule is CC(NC(=O)C1CC1c1ccccc1Cl)c1cccnc1. The summed E-state index contributed by atoms with van der Waals surface area (Å²) in [6, 6.07) is 11.6. The maximum atomic E-state index is 12.3. The first-order valence-electron chi connectivity index (χ1n) is 7.11. The largest absolute Gasteiger partial charge is 0.349 e. The normalized spacial score (nSPS) is 21.6. The molecule has 21 heavy (non-hydrogen) atoms. The van der Waals surface area contributed by atoms with Gasteiger partial charge in [0.05, 0.1) is 6.04 Å². The number of halogens is 1. The first-order valence-corrected chi connectivity index (χ1v) is 7.49. The van der Waals surface area contributed by atoms with Crippen molar-refractivity contribution in [3.63, 3.8) is 0 Å². The van der Waals surface area contributed by atoms with Crippen LogP contribution in [0.1, 0.15) is 36.4 Å². The van der Waals surface area contributed by atoms with E-state index in [9.17, 15) is 4.79 Å². The monoisotopic (exact) mass is 300 g/mol. The molecule has 3 unspecified atom stereocenters. The summed E-state index contributed by atoms with van der Waals surface area (Å²) in [4.78, 5) is 16.4. The minimum absolute atomic E-state index is 0.0290. The summed E-state index contributed by atoms with van der Waals surface area (Å²) in [5.41, 5.74) is 2.09. The zero-order valence-corrected chi connectivity index (χ0v) is 12.5. The molecule has 0 saturated heterocycles. The summed E-state index contributed by atoms with van der Waals surface area (Å²) >= 11 is 6.19. The van der Waals surface area contributed by atoms with Gasteiger partial charge in [-0.15, -0.1) is 0 Å². The summed E-state index contributed by atoms with van der Waals surface area (Å²) in [6.07, 6.45) is 4.38. The maximum Gasteiger partial charge on any atom is 0.224 e. The average molecular weight is 301 g/mol. The number of hydrogen-bond acceptors (Lipinski definition) is 2. The Morgan fingerprint density at radius 3 is 2.86 bits per heavy atom. The van der Waals surface area contributed by atoms with Crippen LogP contribution in [0.2, 0.25) is 5.02 Å². The van der Waals surface area contributed by atoms with E-state index in [1.165, 1.54) is 0 Å². The van der Waals surface area contributed by atoms with E-state index in [2.05, 4.69) is 10.3 Å². The molecule has 3 nitrogen and oxygen atoms in total. The third kappa shape index (κ3) is 3.08. The molecule has 3 rings (SSSR count). The van der Waals surface area contributed by atoms with Gasteiger partial charge < -0.3 is 5.32 Å². The van der Waals surface area contributed by atoms with Crippen molar-refractivity contribution in [3.05, 3.63) is 64.9 Å². The number of nitrogens with one attached hydrogen (secondary N) is 1. The standard InChI is InChI=1S/C17H17ClN2O/c1-11(12-5-4-8-19-10-12)20-17(21)15-9-14(15)13-6-2-3-7-16(13)18/h2-8,10-11,14-15H,9H2,1H3,(H,20,21). The van der Waals surface area contributed by atoms with E-state index in [1.54, 1.807) is 12.4 Å². The molecule has 1 N–H and O–H groups in total. The third-order valence-electron chi connectivity index (χ3n) is 3.98. The Balaban J connectivity index is 1.62. The van der Waals surface area contributed by atoms with Crippen molar-refractivity contribution in [3.8, 4) is 0 Å². The van der Waals surface area contributed by atoms with Crippen LogP contribution in [0.4, 0.5) is 0 Å². The molecule has 1 saturated carbocycles. The van der Waals surface area contributed by atoms with E-state index < -0.39 is 0 Å². The molecular weight excluding hydrogens is 284 g/mol. The van der Waals surface area contributed by atoms with Gasteiger partial charge in [-0.2, -0.15) is 0 Å². The van der Waals surface area contributed by atoms with Crippen LogP contribution >= 0.6 is 11.6 Å². The first-order chi connectivity index (χ1) is 10.2. The third-order valence-corrected chi connectivity index (χ3v) is 4.32. The van der Waals surface area contributed by atoms with E-state index in [4.69, 9.17) is 11.6 Å². The second kappa shape index (κ2) is 5.86. The van der Waals surface area contributed by atoms with E-state index in [1.807, 2.05) is 43.3 Å². The molecular formula is C17H17ClN2O. The maximum absolute atomic E-state index is 12.3. The fourth-order valence-corrected chi connectivity index (χ4v) is 2.92. The van der Waals surface area contributed by atoms with Gasteiger partial charge in [0.1, 0.15) is 0 Å². The van der Waals surface area contributed by atoms with Crippen LogP contribution < -0.4 is 5.32 Å². The molecule has 0 aliphatic heterocycles. The Bertz CT molecular complexity index is 644. The second-order valence-electron chi connectivity index (χ2n) is 5.49. The van der Waals surface area contributed by atoms with Crippen molar-refractivity contribution >= 4 is 17.5 Å². The lowest BCUT2D eigenvalue weighted by Gasteiger charge is -2.14. The number of aromatic nitrogens is 1. The van der Waals surface area contributed by atoms with Gasteiger partial charge in [-0.1, -0.05) is 35.9 Å². The zero-order valence-electron chi connectivity index (χ0n) is 11.8. The van der Waals surface area contributed by atoms with Gasteiger partial charge in [0, 0.05) is 23.3 Å². The molecule has 3 atom stereocenters. The van der Waals surface area contributed by atoms with Gasteiger partial charge in [0.2, 0.25) is 5.91 Å². The predicted molar refractivity (Wildman–Crippen MR) is 83.1 cm³/mol. The minimum atomic E-state index is -0.0290. The van der Waals surface area contributed by atoms with Crippen LogP contribution in [0.3, 0.4) is 0 Å². The number of carbonyl (C=O) groups excluding carboxylic acids is 1. The highest BCUT2D eigenvalue weighted by atomic mass is 35.5. The van der Waals surface area contributed by atoms with Crippen molar-refractivity contribution in [1.29, 1.82) is 0 Å². The molecule has 4 heteroatoms. The Morgan fingerprint density at radius 1 is 1.33 bits per heavy atom. The van der Waals surface area contributed by atoms with Crippen LogP contribution in [0.5, 0.6) is 0 Å². The van der Waals surface area contributed by atoms with Crippen molar-refractivity contribution in [2.75, 3.05) is 0 Å². The van der Waals surface area contributed by atoms with Gasteiger partial charge in [0.25, 0.3) is 0 Å². The number of rotatable bonds is 4. The van der Waals surface area contributed by atoms with Crippen LogP contribution in [0.25, 0.3) is 0 Å². The van der Waals surface area contributed by atoms with Gasteiger partial charge in [-0.3, -0.25) is 9.78 Å². The van der Waals surface area contributed by atoms with Crippen molar-refractivity contribution in [2.24, 2.45) is 5.92 Å². The van der Waals surface area contributed by atoms with Crippen molar-refractivity contribution in [1.82, 2.24) is 10.3 Å². The summed E-state index contributed by atoms with van der Waals surface area (Å²) in [5, 5.41) is 3.80. The van der Waals surface area contributed by atoms with Crippen LogP contribution in [0.15, 0.2) is 48.8 Å². The Morgan fingerprint density at radius 2 is 2.14 bits per heavy atom. The van der Waals surface area contributed by atoms with Crippen LogP contribution in [-0.2, 0) is 4.79 Å².